The number of thiol groups is 2. The summed E-state index contributed by atoms with van der Waals surface area (Å²) >= 11 is 13.5. The summed E-state index contributed by atoms with van der Waals surface area (Å²) in [5.74, 6) is 0. The number of hydrogen-bond acceptors (Lipinski definition) is 2. The van der Waals surface area contributed by atoms with Crippen LogP contribution in [0.25, 0.3) is 0 Å². The van der Waals surface area contributed by atoms with E-state index in [2.05, 4.69) is 25.3 Å². The maximum Gasteiger partial charge on any atom is 0.129 e. The van der Waals surface area contributed by atoms with E-state index in [-0.39, 0.29) is 0 Å². The van der Waals surface area contributed by atoms with Gasteiger partial charge in [0.2, 0.25) is 0 Å². The number of hydrogen-bond donors (Lipinski definition) is 2. The molecular formula is C4H9ClS2. The summed E-state index contributed by atoms with van der Waals surface area (Å²) in [4.78, 5) is 0. The zero-order valence-corrected chi connectivity index (χ0v) is 6.73. The SMILES string of the molecule is CCCC(S)(S)Cl. The van der Waals surface area contributed by atoms with Gasteiger partial charge in [-0.2, -0.15) is 0 Å². The van der Waals surface area contributed by atoms with Crippen molar-refractivity contribution in [3.05, 3.63) is 0 Å². The van der Waals surface area contributed by atoms with E-state index in [1.807, 2.05) is 6.92 Å². The van der Waals surface area contributed by atoms with Crippen LogP contribution < -0.4 is 0 Å². The zero-order valence-electron chi connectivity index (χ0n) is 4.19. The molecule has 0 amide bonds. The van der Waals surface area contributed by atoms with E-state index < -0.39 is 3.54 Å². The van der Waals surface area contributed by atoms with Crippen molar-refractivity contribution in [1.29, 1.82) is 0 Å². The van der Waals surface area contributed by atoms with E-state index in [0.717, 1.165) is 12.8 Å². The van der Waals surface area contributed by atoms with Gasteiger partial charge in [0, 0.05) is 0 Å². The summed E-state index contributed by atoms with van der Waals surface area (Å²) in [6.07, 6.45) is 1.86. The third-order valence-corrected chi connectivity index (χ3v) is 1.20. The zero-order chi connectivity index (χ0) is 5.91. The standard InChI is InChI=1S/C4H9ClS2/c1-2-3-4(5,6)7/h6-7H,2-3H2,1H3. The molecule has 0 atom stereocenters. The van der Waals surface area contributed by atoms with Crippen molar-refractivity contribution in [2.24, 2.45) is 0 Å². The lowest BCUT2D eigenvalue weighted by molar-refractivity contribution is 0.842. The first kappa shape index (κ1) is 7.99. The molecule has 0 N–H and O–H groups in total. The first-order valence-electron chi connectivity index (χ1n) is 2.20. The maximum absolute atomic E-state index is 5.56. The predicted octanol–water partition coefficient (Wildman–Crippen LogP) is 2.54. The molecule has 0 heterocycles. The van der Waals surface area contributed by atoms with Crippen LogP contribution in [0.15, 0.2) is 0 Å². The second-order valence-electron chi connectivity index (χ2n) is 1.47. The highest BCUT2D eigenvalue weighted by Crippen LogP contribution is 2.29. The lowest BCUT2D eigenvalue weighted by atomic mass is 10.4. The molecule has 0 bridgehead atoms. The fraction of sp³-hybridized carbons (Fsp3) is 1.00. The van der Waals surface area contributed by atoms with E-state index in [1.54, 1.807) is 0 Å². The maximum atomic E-state index is 5.56. The second kappa shape index (κ2) is 3.10. The van der Waals surface area contributed by atoms with Crippen LogP contribution in [0, 0.1) is 0 Å². The van der Waals surface area contributed by atoms with Gasteiger partial charge in [-0.1, -0.05) is 24.9 Å². The summed E-state index contributed by atoms with van der Waals surface area (Å²) in [6.45, 7) is 2.05. The molecule has 0 aromatic carbocycles. The van der Waals surface area contributed by atoms with Crippen LogP contribution in [0.5, 0.6) is 0 Å². The van der Waals surface area contributed by atoms with Crippen molar-refractivity contribution in [2.45, 2.75) is 23.3 Å². The van der Waals surface area contributed by atoms with E-state index in [4.69, 9.17) is 11.6 Å². The van der Waals surface area contributed by atoms with Gasteiger partial charge >= 0.3 is 0 Å². The van der Waals surface area contributed by atoms with Crippen LogP contribution in [-0.4, -0.2) is 3.54 Å². The molecule has 0 aliphatic carbocycles. The first-order chi connectivity index (χ1) is 3.06. The molecule has 44 valence electrons. The smallest absolute Gasteiger partial charge is 0.129 e. The van der Waals surface area contributed by atoms with E-state index in [1.165, 1.54) is 0 Å². The summed E-state index contributed by atoms with van der Waals surface area (Å²) < 4.78 is -0.589. The van der Waals surface area contributed by atoms with Gasteiger partial charge in [0.05, 0.1) is 0 Å². The van der Waals surface area contributed by atoms with Crippen LogP contribution in [0.1, 0.15) is 19.8 Å². The second-order valence-corrected chi connectivity index (χ2v) is 4.52. The van der Waals surface area contributed by atoms with Gasteiger partial charge in [-0.25, -0.2) is 0 Å². The van der Waals surface area contributed by atoms with E-state index in [0.29, 0.717) is 0 Å². The van der Waals surface area contributed by atoms with Crippen LogP contribution in [0.3, 0.4) is 0 Å². The van der Waals surface area contributed by atoms with Crippen molar-refractivity contribution in [1.82, 2.24) is 0 Å². The number of halogens is 1. The summed E-state index contributed by atoms with van der Waals surface area (Å²) in [5, 5.41) is 0. The minimum atomic E-state index is -0.589. The van der Waals surface area contributed by atoms with Crippen LogP contribution in [-0.2, 0) is 0 Å². The Kier molecular flexibility index (Phi) is 3.54. The Bertz CT molecular complexity index is 48.1. The topological polar surface area (TPSA) is 0 Å². The van der Waals surface area contributed by atoms with Crippen LogP contribution >= 0.6 is 36.9 Å². The lowest BCUT2D eigenvalue weighted by Gasteiger charge is -2.09. The van der Waals surface area contributed by atoms with Gasteiger partial charge in [0.1, 0.15) is 3.54 Å². The fourth-order valence-corrected chi connectivity index (χ4v) is 0.954. The lowest BCUT2D eigenvalue weighted by Crippen LogP contribution is -1.99. The Morgan fingerprint density at radius 2 is 2.00 bits per heavy atom. The third-order valence-electron chi connectivity index (χ3n) is 0.568. The molecular weight excluding hydrogens is 148 g/mol. The highest BCUT2D eigenvalue weighted by Gasteiger charge is 2.12. The van der Waals surface area contributed by atoms with Crippen molar-refractivity contribution in [2.75, 3.05) is 0 Å². The molecule has 0 aromatic heterocycles. The third kappa shape index (κ3) is 6.99. The van der Waals surface area contributed by atoms with Gasteiger partial charge in [-0.15, -0.1) is 25.3 Å². The van der Waals surface area contributed by atoms with Crippen LogP contribution in [0.4, 0.5) is 0 Å². The molecule has 0 aliphatic heterocycles. The van der Waals surface area contributed by atoms with Crippen molar-refractivity contribution < 1.29 is 0 Å². The predicted molar refractivity (Wildman–Crippen MR) is 41.5 cm³/mol. The van der Waals surface area contributed by atoms with Gasteiger partial charge in [0.15, 0.2) is 0 Å². The quantitative estimate of drug-likeness (QED) is 0.343. The Labute approximate surface area is 60.4 Å². The number of alkyl halides is 1. The summed E-state index contributed by atoms with van der Waals surface area (Å²) in [7, 11) is 0. The summed E-state index contributed by atoms with van der Waals surface area (Å²) in [5.41, 5.74) is 0. The first-order valence-corrected chi connectivity index (χ1v) is 3.47. The molecule has 0 fully saturated rings. The molecule has 3 heteroatoms. The average molecular weight is 157 g/mol. The van der Waals surface area contributed by atoms with E-state index in [9.17, 15) is 0 Å². The molecule has 0 nitrogen and oxygen atoms in total. The Morgan fingerprint density at radius 1 is 1.57 bits per heavy atom. The monoisotopic (exact) mass is 156 g/mol. The minimum absolute atomic E-state index is 0.589. The Hall–Kier alpha value is 0.990. The van der Waals surface area contributed by atoms with Gasteiger partial charge in [0.25, 0.3) is 0 Å². The van der Waals surface area contributed by atoms with Gasteiger partial charge in [-0.05, 0) is 6.42 Å². The molecule has 0 aromatic rings. The molecule has 0 saturated carbocycles. The van der Waals surface area contributed by atoms with Gasteiger partial charge < -0.3 is 0 Å². The van der Waals surface area contributed by atoms with E-state index >= 15 is 0 Å². The fourth-order valence-electron chi connectivity index (χ4n) is 0.318. The van der Waals surface area contributed by atoms with Crippen molar-refractivity contribution in [3.8, 4) is 0 Å². The largest absolute Gasteiger partial charge is 0.146 e. The normalized spacial score (nSPS) is 12.0. The Balaban J connectivity index is 3.15. The Morgan fingerprint density at radius 3 is 2.00 bits per heavy atom. The summed E-state index contributed by atoms with van der Waals surface area (Å²) in [6, 6.07) is 0. The van der Waals surface area contributed by atoms with Crippen LogP contribution in [0.2, 0.25) is 0 Å². The molecule has 0 aliphatic rings. The molecule has 0 rings (SSSR count). The highest BCUT2D eigenvalue weighted by atomic mass is 35.5. The number of rotatable bonds is 2. The molecule has 7 heavy (non-hydrogen) atoms. The minimum Gasteiger partial charge on any atom is -0.146 e. The highest BCUT2D eigenvalue weighted by molar-refractivity contribution is 8.02. The van der Waals surface area contributed by atoms with Crippen molar-refractivity contribution in [3.63, 3.8) is 0 Å². The molecule has 0 saturated heterocycles. The van der Waals surface area contributed by atoms with Gasteiger partial charge in [-0.3, -0.25) is 0 Å². The molecule has 0 radical (unpaired) electrons. The molecule has 0 unspecified atom stereocenters. The van der Waals surface area contributed by atoms with Crippen molar-refractivity contribution >= 4 is 36.9 Å². The average Bonchev–Trinajstić information content (AvgIpc) is 1.30. The molecule has 0 spiro atoms.